The van der Waals surface area contributed by atoms with E-state index in [1.165, 1.54) is 4.80 Å². The minimum Gasteiger partial charge on any atom is -0.350 e. The first-order valence-corrected chi connectivity index (χ1v) is 7.60. The highest BCUT2D eigenvalue weighted by atomic mass is 16.2. The van der Waals surface area contributed by atoms with E-state index in [-0.39, 0.29) is 11.9 Å². The lowest BCUT2D eigenvalue weighted by Crippen LogP contribution is -2.47. The molecule has 0 spiro atoms. The highest BCUT2D eigenvalue weighted by molar-refractivity contribution is 5.80. The van der Waals surface area contributed by atoms with Gasteiger partial charge in [0.2, 0.25) is 11.7 Å². The van der Waals surface area contributed by atoms with Crippen molar-refractivity contribution in [3.8, 4) is 11.4 Å². The quantitative estimate of drug-likeness (QED) is 0.871. The number of hydrogen-bond acceptors (Lipinski definition) is 5. The Labute approximate surface area is 129 Å². The van der Waals surface area contributed by atoms with Crippen LogP contribution in [0.3, 0.4) is 0 Å². The summed E-state index contributed by atoms with van der Waals surface area (Å²) in [5, 5.41) is 18.7. The number of amides is 1. The molecule has 0 radical (unpaired) electrons. The van der Waals surface area contributed by atoms with E-state index in [4.69, 9.17) is 0 Å². The number of carbonyl (C=O) groups excluding carboxylic acids is 1. The van der Waals surface area contributed by atoms with Gasteiger partial charge in [0.15, 0.2) is 0 Å². The van der Waals surface area contributed by atoms with E-state index >= 15 is 0 Å². The topological polar surface area (TPSA) is 84.7 Å². The number of tetrazole rings is 1. The fraction of sp³-hybridized carbons (Fsp3) is 0.467. The number of aromatic nitrogens is 4. The van der Waals surface area contributed by atoms with Crippen molar-refractivity contribution < 1.29 is 4.79 Å². The zero-order valence-electron chi connectivity index (χ0n) is 12.6. The van der Waals surface area contributed by atoms with Gasteiger partial charge in [0.05, 0.1) is 0 Å². The SMILES string of the molecule is CC(C(=O)N[C@H]1CCCNC1)n1nnc(-c2ccccc2)n1. The minimum absolute atomic E-state index is 0.0780. The predicted octanol–water partition coefficient (Wildman–Crippen LogP) is 0.769. The van der Waals surface area contributed by atoms with Gasteiger partial charge in [-0.1, -0.05) is 30.3 Å². The van der Waals surface area contributed by atoms with E-state index in [0.29, 0.717) is 5.82 Å². The van der Waals surface area contributed by atoms with Crippen LogP contribution >= 0.6 is 0 Å². The highest BCUT2D eigenvalue weighted by Crippen LogP contribution is 2.13. The summed E-state index contributed by atoms with van der Waals surface area (Å²) < 4.78 is 0. The monoisotopic (exact) mass is 300 g/mol. The maximum Gasteiger partial charge on any atom is 0.246 e. The van der Waals surface area contributed by atoms with Crippen molar-refractivity contribution in [2.24, 2.45) is 0 Å². The average Bonchev–Trinajstić information content (AvgIpc) is 3.06. The number of rotatable bonds is 4. The summed E-state index contributed by atoms with van der Waals surface area (Å²) in [6.45, 7) is 3.62. The van der Waals surface area contributed by atoms with Crippen LogP contribution in [0.2, 0.25) is 0 Å². The van der Waals surface area contributed by atoms with Crippen LogP contribution in [0, 0.1) is 0 Å². The third kappa shape index (κ3) is 3.30. The molecule has 7 heteroatoms. The Hall–Kier alpha value is -2.28. The van der Waals surface area contributed by atoms with Gasteiger partial charge in [0, 0.05) is 18.2 Å². The Balaban J connectivity index is 1.65. The molecule has 1 aromatic heterocycles. The molecule has 116 valence electrons. The molecule has 0 aliphatic carbocycles. The molecule has 1 fully saturated rings. The standard InChI is InChI=1S/C15H20N6O/c1-11(15(22)17-13-8-5-9-16-10-13)21-19-14(18-20-21)12-6-3-2-4-7-12/h2-4,6-7,11,13,16H,5,8-10H2,1H3,(H,17,22)/t11?,13-/m0/s1. The van der Waals surface area contributed by atoms with Gasteiger partial charge >= 0.3 is 0 Å². The van der Waals surface area contributed by atoms with E-state index in [2.05, 4.69) is 26.0 Å². The van der Waals surface area contributed by atoms with Crippen LogP contribution in [0.4, 0.5) is 0 Å². The summed E-state index contributed by atoms with van der Waals surface area (Å²) in [4.78, 5) is 13.7. The van der Waals surface area contributed by atoms with Crippen molar-refractivity contribution in [2.45, 2.75) is 31.8 Å². The molecule has 2 heterocycles. The fourth-order valence-electron chi connectivity index (χ4n) is 2.49. The number of benzene rings is 1. The molecular formula is C15H20N6O. The van der Waals surface area contributed by atoms with Crippen molar-refractivity contribution in [3.05, 3.63) is 30.3 Å². The first-order chi connectivity index (χ1) is 10.7. The molecule has 1 aliphatic heterocycles. The molecule has 22 heavy (non-hydrogen) atoms. The van der Waals surface area contributed by atoms with Gasteiger partial charge in [-0.25, -0.2) is 0 Å². The Bertz CT molecular complexity index is 620. The lowest BCUT2D eigenvalue weighted by Gasteiger charge is -2.24. The van der Waals surface area contributed by atoms with E-state index in [1.807, 2.05) is 30.3 Å². The van der Waals surface area contributed by atoms with Crippen LogP contribution in [-0.2, 0) is 4.79 Å². The van der Waals surface area contributed by atoms with E-state index in [1.54, 1.807) is 6.92 Å². The van der Waals surface area contributed by atoms with Gasteiger partial charge in [0.1, 0.15) is 6.04 Å². The molecule has 2 N–H and O–H groups in total. The normalized spacial score (nSPS) is 19.6. The Kier molecular flexibility index (Phi) is 4.43. The second-order valence-corrected chi connectivity index (χ2v) is 5.53. The number of carbonyl (C=O) groups is 1. The molecule has 1 amide bonds. The largest absolute Gasteiger partial charge is 0.350 e. The van der Waals surface area contributed by atoms with Crippen LogP contribution in [0.25, 0.3) is 11.4 Å². The molecule has 2 aromatic rings. The lowest BCUT2D eigenvalue weighted by molar-refractivity contribution is -0.125. The Morgan fingerprint density at radius 1 is 1.41 bits per heavy atom. The number of hydrogen-bond donors (Lipinski definition) is 2. The molecule has 1 unspecified atom stereocenters. The van der Waals surface area contributed by atoms with E-state index in [9.17, 15) is 4.79 Å². The minimum atomic E-state index is -0.480. The molecular weight excluding hydrogens is 280 g/mol. The van der Waals surface area contributed by atoms with Crippen LogP contribution < -0.4 is 10.6 Å². The number of piperidine rings is 1. The molecule has 1 aliphatic rings. The molecule has 0 bridgehead atoms. The zero-order chi connectivity index (χ0) is 15.4. The van der Waals surface area contributed by atoms with Gasteiger partial charge in [-0.05, 0) is 31.5 Å². The summed E-state index contributed by atoms with van der Waals surface area (Å²) in [5.41, 5.74) is 0.887. The first-order valence-electron chi connectivity index (χ1n) is 7.60. The molecule has 1 aromatic carbocycles. The third-order valence-corrected chi connectivity index (χ3v) is 3.83. The third-order valence-electron chi connectivity index (χ3n) is 3.83. The van der Waals surface area contributed by atoms with Crippen LogP contribution in [-0.4, -0.2) is 45.2 Å². The molecule has 0 saturated carbocycles. The lowest BCUT2D eigenvalue weighted by atomic mass is 10.1. The summed E-state index contributed by atoms with van der Waals surface area (Å²) in [7, 11) is 0. The second kappa shape index (κ2) is 6.65. The fourth-order valence-corrected chi connectivity index (χ4v) is 2.49. The summed E-state index contributed by atoms with van der Waals surface area (Å²) >= 11 is 0. The van der Waals surface area contributed by atoms with Gasteiger partial charge in [-0.2, -0.15) is 4.80 Å². The highest BCUT2D eigenvalue weighted by Gasteiger charge is 2.22. The van der Waals surface area contributed by atoms with Gasteiger partial charge in [0.25, 0.3) is 0 Å². The Morgan fingerprint density at radius 3 is 2.95 bits per heavy atom. The maximum absolute atomic E-state index is 12.3. The number of nitrogens with zero attached hydrogens (tertiary/aromatic N) is 4. The van der Waals surface area contributed by atoms with Gasteiger partial charge in [-0.3, -0.25) is 4.79 Å². The summed E-state index contributed by atoms with van der Waals surface area (Å²) in [6, 6.07) is 9.31. The molecule has 2 atom stereocenters. The average molecular weight is 300 g/mol. The zero-order valence-corrected chi connectivity index (χ0v) is 12.6. The molecule has 1 saturated heterocycles. The Morgan fingerprint density at radius 2 is 2.23 bits per heavy atom. The summed E-state index contributed by atoms with van der Waals surface area (Å²) in [5.74, 6) is 0.449. The van der Waals surface area contributed by atoms with E-state index < -0.39 is 6.04 Å². The van der Waals surface area contributed by atoms with Crippen LogP contribution in [0.5, 0.6) is 0 Å². The van der Waals surface area contributed by atoms with Crippen LogP contribution in [0.1, 0.15) is 25.8 Å². The van der Waals surface area contributed by atoms with Crippen molar-refractivity contribution in [2.75, 3.05) is 13.1 Å². The van der Waals surface area contributed by atoms with Crippen molar-refractivity contribution in [1.82, 2.24) is 30.8 Å². The second-order valence-electron chi connectivity index (χ2n) is 5.53. The molecule has 3 rings (SSSR count). The summed E-state index contributed by atoms with van der Waals surface area (Å²) in [6.07, 6.45) is 2.09. The van der Waals surface area contributed by atoms with Gasteiger partial charge < -0.3 is 10.6 Å². The predicted molar refractivity (Wildman–Crippen MR) is 82.0 cm³/mol. The van der Waals surface area contributed by atoms with Crippen molar-refractivity contribution in [3.63, 3.8) is 0 Å². The smallest absolute Gasteiger partial charge is 0.246 e. The van der Waals surface area contributed by atoms with Gasteiger partial charge in [-0.15, -0.1) is 10.2 Å². The van der Waals surface area contributed by atoms with Crippen molar-refractivity contribution >= 4 is 5.91 Å². The van der Waals surface area contributed by atoms with Crippen LogP contribution in [0.15, 0.2) is 30.3 Å². The van der Waals surface area contributed by atoms with E-state index in [0.717, 1.165) is 31.5 Å². The first kappa shape index (κ1) is 14.6. The number of nitrogens with one attached hydrogen (secondary N) is 2. The van der Waals surface area contributed by atoms with Crippen molar-refractivity contribution in [1.29, 1.82) is 0 Å². The molecule has 7 nitrogen and oxygen atoms in total. The maximum atomic E-state index is 12.3.